The van der Waals surface area contributed by atoms with Gasteiger partial charge in [-0.25, -0.2) is 4.98 Å². The van der Waals surface area contributed by atoms with Crippen LogP contribution in [0.2, 0.25) is 0 Å². The molecule has 6 nitrogen and oxygen atoms in total. The van der Waals surface area contributed by atoms with E-state index in [-0.39, 0.29) is 17.0 Å². The van der Waals surface area contributed by atoms with Gasteiger partial charge < -0.3 is 4.90 Å². The number of nitrogens with zero attached hydrogens (tertiary/aromatic N) is 4. The van der Waals surface area contributed by atoms with Crippen LogP contribution >= 0.6 is 0 Å². The number of rotatable bonds is 4. The number of piperazine rings is 1. The lowest BCUT2D eigenvalue weighted by atomic mass is 10.1. The van der Waals surface area contributed by atoms with Crippen molar-refractivity contribution in [2.75, 3.05) is 32.7 Å². The Morgan fingerprint density at radius 1 is 1.04 bits per heavy atom. The molecule has 1 aromatic carbocycles. The van der Waals surface area contributed by atoms with Gasteiger partial charge in [-0.1, -0.05) is 36.4 Å². The summed E-state index contributed by atoms with van der Waals surface area (Å²) >= 11 is 0. The number of pyridine rings is 1. The van der Waals surface area contributed by atoms with Gasteiger partial charge in [-0.3, -0.25) is 18.9 Å². The molecule has 1 fully saturated rings. The van der Waals surface area contributed by atoms with Crippen molar-refractivity contribution < 1.29 is 4.79 Å². The van der Waals surface area contributed by atoms with Gasteiger partial charge in [-0.2, -0.15) is 0 Å². The Kier molecular flexibility index (Phi) is 5.21. The van der Waals surface area contributed by atoms with Crippen molar-refractivity contribution in [2.24, 2.45) is 0 Å². The van der Waals surface area contributed by atoms with Gasteiger partial charge in [-0.05, 0) is 30.5 Å². The Morgan fingerprint density at radius 3 is 2.54 bits per heavy atom. The second-order valence-corrected chi connectivity index (χ2v) is 7.28. The lowest BCUT2D eigenvalue weighted by Crippen LogP contribution is -2.50. The Labute approximate surface area is 164 Å². The summed E-state index contributed by atoms with van der Waals surface area (Å²) in [4.78, 5) is 34.1. The first-order valence-corrected chi connectivity index (χ1v) is 9.65. The van der Waals surface area contributed by atoms with Crippen LogP contribution in [-0.4, -0.2) is 57.8 Å². The molecule has 6 heteroatoms. The molecule has 1 aliphatic rings. The summed E-state index contributed by atoms with van der Waals surface area (Å²) in [5.41, 5.74) is 2.67. The van der Waals surface area contributed by atoms with Gasteiger partial charge in [0.1, 0.15) is 11.2 Å². The van der Waals surface area contributed by atoms with Crippen LogP contribution in [0.25, 0.3) is 5.65 Å². The number of carbonyl (C=O) groups is 1. The maximum Gasteiger partial charge on any atom is 0.270 e. The predicted molar refractivity (Wildman–Crippen MR) is 109 cm³/mol. The van der Waals surface area contributed by atoms with E-state index in [1.807, 2.05) is 19.1 Å². The number of amides is 1. The zero-order chi connectivity index (χ0) is 19.5. The molecule has 0 spiro atoms. The molecule has 4 rings (SSSR count). The van der Waals surface area contributed by atoms with Crippen molar-refractivity contribution in [2.45, 2.75) is 13.3 Å². The fraction of sp³-hybridized carbons (Fsp3) is 0.318. The van der Waals surface area contributed by atoms with Gasteiger partial charge in [-0.15, -0.1) is 0 Å². The molecular formula is C22H24N4O2. The molecule has 2 aromatic heterocycles. The highest BCUT2D eigenvalue weighted by Crippen LogP contribution is 2.09. The van der Waals surface area contributed by atoms with Gasteiger partial charge in [0.25, 0.3) is 11.5 Å². The first kappa shape index (κ1) is 18.4. The van der Waals surface area contributed by atoms with Crippen LogP contribution < -0.4 is 5.56 Å². The summed E-state index contributed by atoms with van der Waals surface area (Å²) < 4.78 is 1.46. The van der Waals surface area contributed by atoms with Crippen LogP contribution in [0.5, 0.6) is 0 Å². The second kappa shape index (κ2) is 7.94. The number of carbonyl (C=O) groups excluding carboxylic acids is 1. The van der Waals surface area contributed by atoms with Crippen LogP contribution in [0.15, 0.2) is 59.7 Å². The molecule has 0 bridgehead atoms. The molecule has 28 heavy (non-hydrogen) atoms. The maximum atomic E-state index is 12.9. The molecule has 3 heterocycles. The molecule has 3 aromatic rings. The fourth-order valence-corrected chi connectivity index (χ4v) is 3.61. The monoisotopic (exact) mass is 376 g/mol. The molecule has 0 N–H and O–H groups in total. The molecule has 0 aliphatic carbocycles. The molecule has 0 atom stereocenters. The van der Waals surface area contributed by atoms with E-state index >= 15 is 0 Å². The zero-order valence-corrected chi connectivity index (χ0v) is 16.0. The van der Waals surface area contributed by atoms with Crippen LogP contribution in [0.1, 0.15) is 21.5 Å². The van der Waals surface area contributed by atoms with Crippen molar-refractivity contribution in [1.29, 1.82) is 0 Å². The third-order valence-electron chi connectivity index (χ3n) is 5.30. The van der Waals surface area contributed by atoms with E-state index in [2.05, 4.69) is 34.1 Å². The third-order valence-corrected chi connectivity index (χ3v) is 5.30. The van der Waals surface area contributed by atoms with E-state index in [1.54, 1.807) is 17.2 Å². The quantitative estimate of drug-likeness (QED) is 0.699. The SMILES string of the molecule is Cc1ccc2ncc(C(=O)N3CCN(CCc4ccccc4)CC3)c(=O)n2c1. The minimum atomic E-state index is -0.301. The number of hydrogen-bond donors (Lipinski definition) is 0. The average Bonchev–Trinajstić information content (AvgIpc) is 2.74. The lowest BCUT2D eigenvalue weighted by molar-refractivity contribution is 0.0636. The van der Waals surface area contributed by atoms with Crippen molar-refractivity contribution in [1.82, 2.24) is 19.2 Å². The highest BCUT2D eigenvalue weighted by molar-refractivity contribution is 5.93. The van der Waals surface area contributed by atoms with Gasteiger partial charge >= 0.3 is 0 Å². The molecule has 144 valence electrons. The highest BCUT2D eigenvalue weighted by atomic mass is 16.2. The van der Waals surface area contributed by atoms with Crippen molar-refractivity contribution in [3.05, 3.63) is 81.9 Å². The van der Waals surface area contributed by atoms with E-state index in [0.29, 0.717) is 18.7 Å². The maximum absolute atomic E-state index is 12.9. The van der Waals surface area contributed by atoms with E-state index in [1.165, 1.54) is 16.2 Å². The summed E-state index contributed by atoms with van der Waals surface area (Å²) in [5.74, 6) is -0.226. The molecule has 0 unspecified atom stereocenters. The number of aromatic nitrogens is 2. The summed E-state index contributed by atoms with van der Waals surface area (Å²) in [7, 11) is 0. The second-order valence-electron chi connectivity index (χ2n) is 7.28. The number of benzene rings is 1. The molecule has 1 saturated heterocycles. The van der Waals surface area contributed by atoms with E-state index < -0.39 is 0 Å². The normalized spacial score (nSPS) is 15.1. The smallest absolute Gasteiger partial charge is 0.270 e. The summed E-state index contributed by atoms with van der Waals surface area (Å²) in [6.07, 6.45) is 4.14. The highest BCUT2D eigenvalue weighted by Gasteiger charge is 2.24. The Morgan fingerprint density at radius 2 is 1.79 bits per heavy atom. The van der Waals surface area contributed by atoms with Gasteiger partial charge in [0.15, 0.2) is 0 Å². The van der Waals surface area contributed by atoms with Crippen LogP contribution in [0.4, 0.5) is 0 Å². The molecule has 0 radical (unpaired) electrons. The van der Waals surface area contributed by atoms with E-state index in [4.69, 9.17) is 0 Å². The Hall–Kier alpha value is -2.99. The number of fused-ring (bicyclic) bond motifs is 1. The molecular weight excluding hydrogens is 352 g/mol. The lowest BCUT2D eigenvalue weighted by Gasteiger charge is -2.34. The standard InChI is InChI=1S/C22H24N4O2/c1-17-7-8-20-23-15-19(22(28)26(20)16-17)21(27)25-13-11-24(12-14-25)10-9-18-5-3-2-4-6-18/h2-8,15-16H,9-14H2,1H3. The molecule has 0 saturated carbocycles. The van der Waals surface area contributed by atoms with E-state index in [0.717, 1.165) is 31.6 Å². The predicted octanol–water partition coefficient (Wildman–Crippen LogP) is 2.00. The molecule has 1 aliphatic heterocycles. The van der Waals surface area contributed by atoms with Gasteiger partial charge in [0, 0.05) is 45.1 Å². The summed E-state index contributed by atoms with van der Waals surface area (Å²) in [5, 5.41) is 0. The Bertz CT molecular complexity index is 1040. The first-order valence-electron chi connectivity index (χ1n) is 9.65. The minimum absolute atomic E-state index is 0.140. The molecule has 1 amide bonds. The zero-order valence-electron chi connectivity index (χ0n) is 16.0. The fourth-order valence-electron chi connectivity index (χ4n) is 3.61. The number of hydrogen-bond acceptors (Lipinski definition) is 4. The number of aryl methyl sites for hydroxylation is 1. The minimum Gasteiger partial charge on any atom is -0.336 e. The third kappa shape index (κ3) is 3.82. The van der Waals surface area contributed by atoms with E-state index in [9.17, 15) is 9.59 Å². The first-order chi connectivity index (χ1) is 13.6. The van der Waals surface area contributed by atoms with Crippen molar-refractivity contribution in [3.8, 4) is 0 Å². The van der Waals surface area contributed by atoms with Crippen LogP contribution in [0.3, 0.4) is 0 Å². The average molecular weight is 376 g/mol. The summed E-state index contributed by atoms with van der Waals surface area (Å²) in [6, 6.07) is 14.1. The summed E-state index contributed by atoms with van der Waals surface area (Å²) in [6.45, 7) is 5.79. The van der Waals surface area contributed by atoms with Gasteiger partial charge in [0.2, 0.25) is 0 Å². The van der Waals surface area contributed by atoms with Crippen molar-refractivity contribution >= 4 is 11.6 Å². The van der Waals surface area contributed by atoms with Crippen molar-refractivity contribution in [3.63, 3.8) is 0 Å². The van der Waals surface area contributed by atoms with Gasteiger partial charge in [0.05, 0.1) is 0 Å². The van der Waals surface area contributed by atoms with Crippen LogP contribution in [0, 0.1) is 6.92 Å². The van der Waals surface area contributed by atoms with Crippen LogP contribution in [-0.2, 0) is 6.42 Å². The topological polar surface area (TPSA) is 57.9 Å². The largest absolute Gasteiger partial charge is 0.336 e. The Balaban J connectivity index is 1.41.